The highest BCUT2D eigenvalue weighted by Gasteiger charge is 2.23. The number of nitrogens with one attached hydrogen (secondary N) is 1. The molecule has 0 aromatic heterocycles. The summed E-state index contributed by atoms with van der Waals surface area (Å²) in [7, 11) is 1.76. The third kappa shape index (κ3) is 6.01. The summed E-state index contributed by atoms with van der Waals surface area (Å²) in [6, 6.07) is 7.74. The molecule has 1 fully saturated rings. The van der Waals surface area contributed by atoms with Crippen molar-refractivity contribution in [1.29, 1.82) is 0 Å². The van der Waals surface area contributed by atoms with Gasteiger partial charge in [-0.3, -0.25) is 4.99 Å². The van der Waals surface area contributed by atoms with E-state index >= 15 is 0 Å². The van der Waals surface area contributed by atoms with Crippen molar-refractivity contribution < 1.29 is 9.53 Å². The van der Waals surface area contributed by atoms with Crippen molar-refractivity contribution in [2.75, 3.05) is 39.8 Å². The van der Waals surface area contributed by atoms with E-state index in [1.807, 2.05) is 31.2 Å². The molecule has 0 saturated carbocycles. The smallest absolute Gasteiger partial charge is 0.409 e. The average Bonchev–Trinajstić information content (AvgIpc) is 2.56. The molecular weight excluding hydrogens is 443 g/mol. The molecule has 0 atom stereocenters. The Labute approximate surface area is 165 Å². The number of carbonyl (C=O) groups excluding carboxylic acids is 1. The van der Waals surface area contributed by atoms with Crippen molar-refractivity contribution in [3.63, 3.8) is 0 Å². The van der Waals surface area contributed by atoms with Crippen molar-refractivity contribution in [1.82, 2.24) is 15.1 Å². The standard InChI is InChI=1S/C16H23ClN4O2.HI/c1-3-23-16(22)21-9-7-20(8-10-21)15(18-2)19-12-13-5-4-6-14(17)11-13;/h4-6,11H,3,7-10,12H2,1-2H3,(H,18,19);1H. The fraction of sp³-hybridized carbons (Fsp3) is 0.500. The third-order valence-corrected chi connectivity index (χ3v) is 3.89. The minimum atomic E-state index is -0.242. The van der Waals surface area contributed by atoms with Gasteiger partial charge in [0.2, 0.25) is 0 Å². The van der Waals surface area contributed by atoms with E-state index in [0.717, 1.165) is 29.6 Å². The van der Waals surface area contributed by atoms with Crippen LogP contribution in [0.5, 0.6) is 0 Å². The van der Waals surface area contributed by atoms with Crippen molar-refractivity contribution in [2.45, 2.75) is 13.5 Å². The predicted octanol–water partition coefficient (Wildman–Crippen LogP) is 2.81. The van der Waals surface area contributed by atoms with Gasteiger partial charge >= 0.3 is 6.09 Å². The first-order valence-corrected chi connectivity index (χ1v) is 8.13. The van der Waals surface area contributed by atoms with E-state index in [1.54, 1.807) is 11.9 Å². The van der Waals surface area contributed by atoms with Crippen LogP contribution >= 0.6 is 35.6 Å². The number of benzene rings is 1. The molecule has 1 aliphatic rings. The van der Waals surface area contributed by atoms with E-state index in [1.165, 1.54) is 0 Å². The molecule has 2 rings (SSSR count). The number of hydrogen-bond donors (Lipinski definition) is 1. The first-order valence-electron chi connectivity index (χ1n) is 7.75. The number of nitrogens with zero attached hydrogens (tertiary/aromatic N) is 3. The summed E-state index contributed by atoms with van der Waals surface area (Å²) in [5.74, 6) is 0.827. The maximum absolute atomic E-state index is 11.7. The van der Waals surface area contributed by atoms with Crippen molar-refractivity contribution >= 4 is 47.6 Å². The zero-order chi connectivity index (χ0) is 16.7. The quantitative estimate of drug-likeness (QED) is 0.423. The highest BCUT2D eigenvalue weighted by molar-refractivity contribution is 14.0. The zero-order valence-electron chi connectivity index (χ0n) is 14.0. The fourth-order valence-corrected chi connectivity index (χ4v) is 2.69. The first-order chi connectivity index (χ1) is 11.1. The molecule has 1 aromatic rings. The summed E-state index contributed by atoms with van der Waals surface area (Å²) in [5.41, 5.74) is 1.10. The SMILES string of the molecule is CCOC(=O)N1CCN(C(=NC)NCc2cccc(Cl)c2)CC1.I. The van der Waals surface area contributed by atoms with Gasteiger partial charge in [-0.2, -0.15) is 0 Å². The highest BCUT2D eigenvalue weighted by atomic mass is 127. The largest absolute Gasteiger partial charge is 0.450 e. The lowest BCUT2D eigenvalue weighted by Gasteiger charge is -2.35. The van der Waals surface area contributed by atoms with Crippen LogP contribution in [0.15, 0.2) is 29.3 Å². The van der Waals surface area contributed by atoms with Gasteiger partial charge < -0.3 is 19.9 Å². The third-order valence-electron chi connectivity index (χ3n) is 3.66. The van der Waals surface area contributed by atoms with E-state index < -0.39 is 0 Å². The number of ether oxygens (including phenoxy) is 1. The van der Waals surface area contributed by atoms with Crippen LogP contribution in [0, 0.1) is 0 Å². The van der Waals surface area contributed by atoms with Gasteiger partial charge in [0.1, 0.15) is 0 Å². The van der Waals surface area contributed by atoms with E-state index in [9.17, 15) is 4.79 Å². The second-order valence-corrected chi connectivity index (χ2v) is 5.64. The average molecular weight is 467 g/mol. The van der Waals surface area contributed by atoms with Gasteiger partial charge in [0.05, 0.1) is 6.61 Å². The van der Waals surface area contributed by atoms with E-state index in [0.29, 0.717) is 26.2 Å². The second kappa shape index (κ2) is 10.6. The zero-order valence-corrected chi connectivity index (χ0v) is 17.1. The van der Waals surface area contributed by atoms with Gasteiger partial charge in [-0.1, -0.05) is 23.7 Å². The van der Waals surface area contributed by atoms with Crippen molar-refractivity contribution in [3.05, 3.63) is 34.9 Å². The molecule has 1 saturated heterocycles. The molecule has 6 nitrogen and oxygen atoms in total. The summed E-state index contributed by atoms with van der Waals surface area (Å²) in [4.78, 5) is 19.9. The van der Waals surface area contributed by atoms with Gasteiger partial charge in [0.15, 0.2) is 5.96 Å². The Balaban J connectivity index is 0.00000288. The Bertz CT molecular complexity index is 563. The van der Waals surface area contributed by atoms with Crippen LogP contribution in [-0.4, -0.2) is 61.7 Å². The number of amides is 1. The first kappa shape index (κ1) is 20.8. The Morgan fingerprint density at radius 3 is 2.54 bits per heavy atom. The molecule has 134 valence electrons. The second-order valence-electron chi connectivity index (χ2n) is 5.20. The van der Waals surface area contributed by atoms with Crippen molar-refractivity contribution in [2.24, 2.45) is 4.99 Å². The summed E-state index contributed by atoms with van der Waals surface area (Å²) in [6.07, 6.45) is -0.242. The summed E-state index contributed by atoms with van der Waals surface area (Å²) < 4.78 is 5.03. The number of aliphatic imine (C=N–C) groups is 1. The van der Waals surface area contributed by atoms with Gasteiger partial charge in [-0.05, 0) is 24.6 Å². The maximum atomic E-state index is 11.7. The van der Waals surface area contributed by atoms with Gasteiger partial charge in [0, 0.05) is 44.8 Å². The number of hydrogen-bond acceptors (Lipinski definition) is 3. The maximum Gasteiger partial charge on any atom is 0.409 e. The number of carbonyl (C=O) groups is 1. The Morgan fingerprint density at radius 2 is 1.96 bits per heavy atom. The molecule has 0 bridgehead atoms. The molecule has 0 aliphatic carbocycles. The number of piperazine rings is 1. The van der Waals surface area contributed by atoms with E-state index in [-0.39, 0.29) is 30.1 Å². The minimum Gasteiger partial charge on any atom is -0.450 e. The van der Waals surface area contributed by atoms with Gasteiger partial charge in [-0.25, -0.2) is 4.79 Å². The minimum absolute atomic E-state index is 0. The summed E-state index contributed by atoms with van der Waals surface area (Å²) in [5, 5.41) is 4.06. The van der Waals surface area contributed by atoms with Crippen LogP contribution in [-0.2, 0) is 11.3 Å². The molecule has 24 heavy (non-hydrogen) atoms. The lowest BCUT2D eigenvalue weighted by Crippen LogP contribution is -2.53. The van der Waals surface area contributed by atoms with Crippen LogP contribution in [0.1, 0.15) is 12.5 Å². The number of guanidine groups is 1. The summed E-state index contributed by atoms with van der Waals surface area (Å²) in [6.45, 7) is 5.61. The van der Waals surface area contributed by atoms with Crippen LogP contribution in [0.2, 0.25) is 5.02 Å². The monoisotopic (exact) mass is 466 g/mol. The topological polar surface area (TPSA) is 57.2 Å². The lowest BCUT2D eigenvalue weighted by molar-refractivity contribution is 0.0914. The molecule has 0 radical (unpaired) electrons. The van der Waals surface area contributed by atoms with Crippen molar-refractivity contribution in [3.8, 4) is 0 Å². The van der Waals surface area contributed by atoms with Crippen LogP contribution in [0.25, 0.3) is 0 Å². The number of halogens is 2. The molecule has 8 heteroatoms. The summed E-state index contributed by atoms with van der Waals surface area (Å²) >= 11 is 6.00. The molecule has 0 unspecified atom stereocenters. The molecule has 1 amide bonds. The van der Waals surface area contributed by atoms with E-state index in [2.05, 4.69) is 15.2 Å². The molecular formula is C16H24ClIN4O2. The molecule has 1 N–H and O–H groups in total. The lowest BCUT2D eigenvalue weighted by atomic mass is 10.2. The normalized spacial score (nSPS) is 14.9. The molecule has 1 heterocycles. The van der Waals surface area contributed by atoms with E-state index in [4.69, 9.17) is 16.3 Å². The fourth-order valence-electron chi connectivity index (χ4n) is 2.48. The van der Waals surface area contributed by atoms with Crippen LogP contribution in [0.3, 0.4) is 0 Å². The molecule has 0 spiro atoms. The number of rotatable bonds is 3. The predicted molar refractivity (Wildman–Crippen MR) is 107 cm³/mol. The Hall–Kier alpha value is -1.22. The molecule has 1 aliphatic heterocycles. The highest BCUT2D eigenvalue weighted by Crippen LogP contribution is 2.11. The van der Waals surface area contributed by atoms with Gasteiger partial charge in [0.25, 0.3) is 0 Å². The van der Waals surface area contributed by atoms with Crippen LogP contribution in [0.4, 0.5) is 4.79 Å². The van der Waals surface area contributed by atoms with Gasteiger partial charge in [-0.15, -0.1) is 24.0 Å². The Kier molecular flexibility index (Phi) is 9.20. The Morgan fingerprint density at radius 1 is 1.29 bits per heavy atom. The van der Waals surface area contributed by atoms with Crippen LogP contribution < -0.4 is 5.32 Å². The molecule has 1 aromatic carbocycles.